The normalized spacial score (nSPS) is 25.1. The van der Waals surface area contributed by atoms with E-state index in [-0.39, 0.29) is 0 Å². The van der Waals surface area contributed by atoms with Crippen LogP contribution < -0.4 is 0 Å². The molecule has 0 atom stereocenters. The molecule has 0 aromatic rings. The second-order valence-corrected chi connectivity index (χ2v) is 30.4. The third-order valence-electron chi connectivity index (χ3n) is 4.24. The van der Waals surface area contributed by atoms with Crippen LogP contribution in [0.2, 0.25) is 9.88 Å². The SMILES string of the molecule is CC(C)N1CS[CH]([Sn]([CH3])([CH3])[CH]2SCN(C(C)C)CS2)SC1. The zero-order valence-corrected chi connectivity index (χ0v) is 20.3. The number of hydrogen-bond acceptors (Lipinski definition) is 6. The first-order valence-electron chi connectivity index (χ1n) is 7.77. The zero-order chi connectivity index (χ0) is 15.6. The van der Waals surface area contributed by atoms with Crippen LogP contribution in [0.5, 0.6) is 0 Å². The molecule has 0 bridgehead atoms. The van der Waals surface area contributed by atoms with Gasteiger partial charge in [-0.05, 0) is 0 Å². The number of nitrogens with zero attached hydrogens (tertiary/aromatic N) is 2. The quantitative estimate of drug-likeness (QED) is 0.546. The van der Waals surface area contributed by atoms with Crippen LogP contribution in [0, 0.1) is 0 Å². The molecule has 2 aliphatic heterocycles. The Morgan fingerprint density at radius 2 is 1.00 bits per heavy atom. The Hall–Kier alpha value is 2.12. The van der Waals surface area contributed by atoms with Gasteiger partial charge < -0.3 is 0 Å². The molecule has 0 spiro atoms. The molecule has 2 nitrogen and oxygen atoms in total. The average Bonchev–Trinajstić information content (AvgIpc) is 2.47. The Morgan fingerprint density at radius 3 is 1.24 bits per heavy atom. The van der Waals surface area contributed by atoms with E-state index < -0.39 is 18.4 Å². The van der Waals surface area contributed by atoms with Gasteiger partial charge in [0.15, 0.2) is 0 Å². The van der Waals surface area contributed by atoms with E-state index in [9.17, 15) is 0 Å². The summed E-state index contributed by atoms with van der Waals surface area (Å²) in [7, 11) is 0. The minimum absolute atomic E-state index is 0.697. The summed E-state index contributed by atoms with van der Waals surface area (Å²) >= 11 is 6.94. The maximum absolute atomic E-state index is 2.69. The van der Waals surface area contributed by atoms with Gasteiger partial charge in [-0.15, -0.1) is 0 Å². The Labute approximate surface area is 152 Å². The summed E-state index contributed by atoms with van der Waals surface area (Å²) in [6.45, 7) is 9.29. The van der Waals surface area contributed by atoms with Crippen LogP contribution in [0.15, 0.2) is 0 Å². The van der Waals surface area contributed by atoms with Crippen molar-refractivity contribution in [1.82, 2.24) is 9.80 Å². The predicted molar refractivity (Wildman–Crippen MR) is 109 cm³/mol. The molecule has 0 saturated carbocycles. The predicted octanol–water partition coefficient (Wildman–Crippen LogP) is 4.64. The van der Waals surface area contributed by atoms with E-state index in [2.05, 4.69) is 94.4 Å². The van der Waals surface area contributed by atoms with Gasteiger partial charge in [-0.2, -0.15) is 0 Å². The summed E-state index contributed by atoms with van der Waals surface area (Å²) in [5, 5.41) is 0. The first kappa shape index (κ1) is 19.4. The average molecular weight is 473 g/mol. The first-order chi connectivity index (χ1) is 9.82. The molecule has 0 aromatic carbocycles. The fraction of sp³-hybridized carbons (Fsp3) is 1.00. The van der Waals surface area contributed by atoms with Gasteiger partial charge in [0, 0.05) is 0 Å². The monoisotopic (exact) mass is 474 g/mol. The van der Waals surface area contributed by atoms with Crippen molar-refractivity contribution >= 4 is 65.4 Å². The summed E-state index contributed by atoms with van der Waals surface area (Å²) in [4.78, 5) is 10.6. The molecule has 2 heterocycles. The van der Waals surface area contributed by atoms with Crippen molar-refractivity contribution in [2.24, 2.45) is 0 Å². The Bertz CT molecular complexity index is 295. The van der Waals surface area contributed by atoms with E-state index in [4.69, 9.17) is 0 Å². The molecule has 21 heavy (non-hydrogen) atoms. The first-order valence-corrected chi connectivity index (χ1v) is 21.0. The summed E-state index contributed by atoms with van der Waals surface area (Å²) in [6.07, 6.45) is 0. The maximum atomic E-state index is 2.69. The fourth-order valence-corrected chi connectivity index (χ4v) is 32.6. The topological polar surface area (TPSA) is 6.48 Å². The molecular formula is C14H30N2S4Sn. The van der Waals surface area contributed by atoms with E-state index in [0.717, 1.165) is 5.20 Å². The van der Waals surface area contributed by atoms with Gasteiger partial charge in [0.05, 0.1) is 0 Å². The van der Waals surface area contributed by atoms with Gasteiger partial charge >= 0.3 is 154 Å². The Morgan fingerprint density at radius 1 is 0.714 bits per heavy atom. The third kappa shape index (κ3) is 5.05. The fourth-order valence-electron chi connectivity index (χ4n) is 2.39. The molecule has 0 aromatic heterocycles. The van der Waals surface area contributed by atoms with E-state index in [1.54, 1.807) is 0 Å². The number of thioether (sulfide) groups is 4. The molecule has 2 rings (SSSR count). The molecule has 2 fully saturated rings. The number of rotatable bonds is 4. The second kappa shape index (κ2) is 8.47. The summed E-state index contributed by atoms with van der Waals surface area (Å²) < 4.78 is 1.87. The Balaban J connectivity index is 1.88. The van der Waals surface area contributed by atoms with Crippen molar-refractivity contribution in [3.8, 4) is 0 Å². The van der Waals surface area contributed by atoms with Crippen LogP contribution in [0.3, 0.4) is 0 Å². The van der Waals surface area contributed by atoms with E-state index in [1.807, 2.05) is 0 Å². The van der Waals surface area contributed by atoms with Crippen molar-refractivity contribution in [1.29, 1.82) is 0 Å². The van der Waals surface area contributed by atoms with Crippen molar-refractivity contribution in [2.45, 2.75) is 54.9 Å². The molecule has 7 heteroatoms. The molecule has 0 aliphatic carbocycles. The number of hydrogen-bond donors (Lipinski definition) is 0. The minimum atomic E-state index is -2.06. The molecule has 2 saturated heterocycles. The third-order valence-corrected chi connectivity index (χ3v) is 38.0. The van der Waals surface area contributed by atoms with Crippen LogP contribution in [0.4, 0.5) is 0 Å². The van der Waals surface area contributed by atoms with Crippen LogP contribution in [0.25, 0.3) is 0 Å². The second-order valence-electron chi connectivity index (χ2n) is 7.03. The van der Waals surface area contributed by atoms with Crippen molar-refractivity contribution in [3.63, 3.8) is 0 Å². The van der Waals surface area contributed by atoms with E-state index in [1.165, 1.54) is 23.5 Å². The van der Waals surface area contributed by atoms with E-state index in [0.29, 0.717) is 12.1 Å². The van der Waals surface area contributed by atoms with Gasteiger partial charge in [-0.1, -0.05) is 0 Å². The molecule has 2 aliphatic rings. The van der Waals surface area contributed by atoms with Crippen LogP contribution in [-0.4, -0.2) is 69.0 Å². The van der Waals surface area contributed by atoms with Gasteiger partial charge in [0.25, 0.3) is 0 Å². The van der Waals surface area contributed by atoms with E-state index >= 15 is 0 Å². The standard InChI is InChI=1S/2C6H12NS2.2CH3.Sn/c2*1-6(2)7-3-8-5-9-4-7;;;/h2*5-6H,3-4H2,1-2H3;2*1H3;. The zero-order valence-electron chi connectivity index (χ0n) is 14.2. The summed E-state index contributed by atoms with van der Waals surface area (Å²) in [6, 6.07) is 1.39. The van der Waals surface area contributed by atoms with Gasteiger partial charge in [-0.25, -0.2) is 0 Å². The van der Waals surface area contributed by atoms with Gasteiger partial charge in [0.1, 0.15) is 0 Å². The van der Waals surface area contributed by atoms with Gasteiger partial charge in [0.2, 0.25) is 0 Å². The van der Waals surface area contributed by atoms with Crippen LogP contribution in [-0.2, 0) is 0 Å². The summed E-state index contributed by atoms with van der Waals surface area (Å²) in [5.41, 5.74) is 0. The molecule has 0 amide bonds. The van der Waals surface area contributed by atoms with Gasteiger partial charge in [-0.3, -0.25) is 0 Å². The molecule has 124 valence electrons. The molecule has 0 unspecified atom stereocenters. The van der Waals surface area contributed by atoms with Crippen molar-refractivity contribution < 1.29 is 0 Å². The molecular weight excluding hydrogens is 443 g/mol. The van der Waals surface area contributed by atoms with Crippen molar-refractivity contribution in [3.05, 3.63) is 0 Å². The summed E-state index contributed by atoms with van der Waals surface area (Å²) in [5.74, 6) is 4.98. The Kier molecular flexibility index (Phi) is 7.85. The van der Waals surface area contributed by atoms with Crippen LogP contribution in [0.1, 0.15) is 27.7 Å². The van der Waals surface area contributed by atoms with Crippen molar-refractivity contribution in [2.75, 3.05) is 23.5 Å². The molecule has 0 N–H and O–H groups in total. The van der Waals surface area contributed by atoms with Crippen LogP contribution >= 0.6 is 47.0 Å². The molecule has 0 radical (unpaired) electrons.